The summed E-state index contributed by atoms with van der Waals surface area (Å²) in [5.74, 6) is 0.198. The van der Waals surface area contributed by atoms with E-state index in [1.54, 1.807) is 0 Å². The Labute approximate surface area is 158 Å². The Hall–Kier alpha value is -1.39. The van der Waals surface area contributed by atoms with Crippen molar-refractivity contribution in [3.8, 4) is 0 Å². The van der Waals surface area contributed by atoms with Gasteiger partial charge in [0.05, 0.1) is 0 Å². The van der Waals surface area contributed by atoms with Gasteiger partial charge in [0.25, 0.3) is 0 Å². The first-order valence-electron chi connectivity index (χ1n) is 10.3. The second kappa shape index (κ2) is 9.01. The molecule has 0 unspecified atom stereocenters. The highest BCUT2D eigenvalue weighted by Gasteiger charge is 2.34. The van der Waals surface area contributed by atoms with Crippen LogP contribution in [-0.2, 0) is 10.2 Å². The van der Waals surface area contributed by atoms with Crippen molar-refractivity contribution in [1.29, 1.82) is 0 Å². The largest absolute Gasteiger partial charge is 0.355 e. The maximum absolute atomic E-state index is 12.5. The van der Waals surface area contributed by atoms with Gasteiger partial charge in [0, 0.05) is 37.5 Å². The summed E-state index contributed by atoms with van der Waals surface area (Å²) in [7, 11) is 4.33. The number of likely N-dealkylation sites (tertiary alicyclic amines) is 1. The van der Waals surface area contributed by atoms with E-state index in [-0.39, 0.29) is 11.3 Å². The minimum Gasteiger partial charge on any atom is -0.355 e. The van der Waals surface area contributed by atoms with E-state index < -0.39 is 0 Å². The van der Waals surface area contributed by atoms with E-state index >= 15 is 0 Å². The zero-order valence-corrected chi connectivity index (χ0v) is 16.5. The van der Waals surface area contributed by atoms with E-state index in [1.807, 2.05) is 0 Å². The summed E-state index contributed by atoms with van der Waals surface area (Å²) in [5, 5.41) is 3.27. The van der Waals surface area contributed by atoms with Crippen LogP contribution in [0.5, 0.6) is 0 Å². The number of hydrogen-bond donors (Lipinski definition) is 1. The Morgan fingerprint density at radius 1 is 1.23 bits per heavy atom. The van der Waals surface area contributed by atoms with E-state index in [2.05, 4.69) is 59.5 Å². The summed E-state index contributed by atoms with van der Waals surface area (Å²) in [4.78, 5) is 17.2. The van der Waals surface area contributed by atoms with Crippen molar-refractivity contribution in [3.05, 3.63) is 35.9 Å². The molecule has 1 aliphatic heterocycles. The Morgan fingerprint density at radius 3 is 2.62 bits per heavy atom. The summed E-state index contributed by atoms with van der Waals surface area (Å²) in [6, 6.07) is 11.4. The Balaban J connectivity index is 1.50. The molecule has 0 bridgehead atoms. The van der Waals surface area contributed by atoms with Gasteiger partial charge >= 0.3 is 0 Å². The topological polar surface area (TPSA) is 35.6 Å². The van der Waals surface area contributed by atoms with Crippen molar-refractivity contribution in [2.24, 2.45) is 0 Å². The number of likely N-dealkylation sites (N-methyl/N-ethyl adjacent to an activating group) is 2. The average Bonchev–Trinajstić information content (AvgIpc) is 3.12. The maximum Gasteiger partial charge on any atom is 0.221 e. The monoisotopic (exact) mass is 357 g/mol. The molecule has 1 amide bonds. The summed E-state index contributed by atoms with van der Waals surface area (Å²) < 4.78 is 0. The molecule has 1 N–H and O–H groups in total. The first-order chi connectivity index (χ1) is 12.6. The molecule has 0 spiro atoms. The molecule has 144 valence electrons. The van der Waals surface area contributed by atoms with E-state index in [9.17, 15) is 4.79 Å². The van der Waals surface area contributed by atoms with Crippen LogP contribution in [0, 0.1) is 0 Å². The molecule has 26 heavy (non-hydrogen) atoms. The van der Waals surface area contributed by atoms with Gasteiger partial charge in [-0.15, -0.1) is 0 Å². The Bertz CT molecular complexity index is 568. The number of nitrogens with zero attached hydrogens (tertiary/aromatic N) is 2. The van der Waals surface area contributed by atoms with E-state index in [0.29, 0.717) is 12.5 Å². The van der Waals surface area contributed by atoms with Gasteiger partial charge in [-0.25, -0.2) is 0 Å². The number of hydrogen-bond acceptors (Lipinski definition) is 3. The zero-order valence-electron chi connectivity index (χ0n) is 16.5. The third-order valence-electron chi connectivity index (χ3n) is 6.50. The minimum absolute atomic E-state index is 0.134. The van der Waals surface area contributed by atoms with Gasteiger partial charge in [0.15, 0.2) is 0 Å². The lowest BCUT2D eigenvalue weighted by atomic mass is 9.69. The number of nitrogens with one attached hydrogen (secondary N) is 1. The zero-order chi connectivity index (χ0) is 18.4. The molecule has 1 atom stereocenters. The summed E-state index contributed by atoms with van der Waals surface area (Å²) >= 11 is 0. The van der Waals surface area contributed by atoms with Crippen molar-refractivity contribution in [2.45, 2.75) is 56.4 Å². The van der Waals surface area contributed by atoms with Crippen molar-refractivity contribution >= 4 is 5.91 Å². The van der Waals surface area contributed by atoms with Crippen LogP contribution in [0.3, 0.4) is 0 Å². The standard InChI is InChI=1S/C22H35N3O/c1-24-15-11-20(17-24)25(2)16-12-21(26)23-18-22(13-7-4-8-14-22)19-9-5-3-6-10-19/h3,5-6,9-10,20H,4,7-8,11-18H2,1-2H3,(H,23,26)/t20-/m1/s1. The normalized spacial score (nSPS) is 23.3. The predicted molar refractivity (Wildman–Crippen MR) is 107 cm³/mol. The van der Waals surface area contributed by atoms with Gasteiger partial charge in [0.2, 0.25) is 5.91 Å². The second-order valence-corrected chi connectivity index (χ2v) is 8.42. The van der Waals surface area contributed by atoms with Crippen molar-refractivity contribution in [2.75, 3.05) is 40.3 Å². The molecule has 1 aromatic carbocycles. The third kappa shape index (κ3) is 4.86. The molecule has 1 aliphatic carbocycles. The van der Waals surface area contributed by atoms with Crippen molar-refractivity contribution < 1.29 is 4.79 Å². The van der Waals surface area contributed by atoms with E-state index in [1.165, 1.54) is 50.6 Å². The van der Waals surface area contributed by atoms with Crippen LogP contribution >= 0.6 is 0 Å². The first-order valence-corrected chi connectivity index (χ1v) is 10.3. The third-order valence-corrected chi connectivity index (χ3v) is 6.50. The van der Waals surface area contributed by atoms with Crippen LogP contribution in [-0.4, -0.2) is 62.0 Å². The first kappa shape index (κ1) is 19.4. The summed E-state index contributed by atoms with van der Waals surface area (Å²) in [6.45, 7) is 3.92. The van der Waals surface area contributed by atoms with Gasteiger partial charge in [-0.2, -0.15) is 0 Å². The van der Waals surface area contributed by atoms with E-state index in [4.69, 9.17) is 0 Å². The van der Waals surface area contributed by atoms with Crippen LogP contribution in [0.25, 0.3) is 0 Å². The lowest BCUT2D eigenvalue weighted by molar-refractivity contribution is -0.121. The van der Waals surface area contributed by atoms with Crippen molar-refractivity contribution in [1.82, 2.24) is 15.1 Å². The summed E-state index contributed by atoms with van der Waals surface area (Å²) in [5.41, 5.74) is 1.53. The molecule has 4 nitrogen and oxygen atoms in total. The van der Waals surface area contributed by atoms with Gasteiger partial charge in [0.1, 0.15) is 0 Å². The fraction of sp³-hybridized carbons (Fsp3) is 0.682. The van der Waals surface area contributed by atoms with Crippen molar-refractivity contribution in [3.63, 3.8) is 0 Å². The molecule has 2 aliphatic rings. The number of benzene rings is 1. The smallest absolute Gasteiger partial charge is 0.221 e. The second-order valence-electron chi connectivity index (χ2n) is 8.42. The quantitative estimate of drug-likeness (QED) is 0.815. The molecule has 1 heterocycles. The minimum atomic E-state index is 0.134. The number of rotatable bonds is 7. The molecule has 4 heteroatoms. The van der Waals surface area contributed by atoms with Gasteiger partial charge in [-0.05, 0) is 45.5 Å². The molecule has 1 saturated heterocycles. The summed E-state index contributed by atoms with van der Waals surface area (Å²) in [6.07, 6.45) is 8.04. The highest BCUT2D eigenvalue weighted by Crippen LogP contribution is 2.38. The molecular weight excluding hydrogens is 322 g/mol. The molecule has 0 aromatic heterocycles. The number of amides is 1. The number of carbonyl (C=O) groups is 1. The molecule has 3 rings (SSSR count). The van der Waals surface area contributed by atoms with Crippen LogP contribution < -0.4 is 5.32 Å². The predicted octanol–water partition coefficient (Wildman–Crippen LogP) is 3.03. The molecule has 0 radical (unpaired) electrons. The van der Waals surface area contributed by atoms with Crippen LogP contribution in [0.1, 0.15) is 50.5 Å². The lowest BCUT2D eigenvalue weighted by Crippen LogP contribution is -2.43. The van der Waals surface area contributed by atoms with E-state index in [0.717, 1.165) is 19.6 Å². The van der Waals surface area contributed by atoms with Gasteiger partial charge in [-0.3, -0.25) is 4.79 Å². The van der Waals surface area contributed by atoms with Crippen LogP contribution in [0.15, 0.2) is 30.3 Å². The Morgan fingerprint density at radius 2 is 1.96 bits per heavy atom. The fourth-order valence-electron chi connectivity index (χ4n) is 4.68. The Kier molecular flexibility index (Phi) is 6.71. The SMILES string of the molecule is CN1CC[C@@H](N(C)CCC(=O)NCC2(c3ccccc3)CCCCC2)C1. The fourth-order valence-corrected chi connectivity index (χ4v) is 4.68. The highest BCUT2D eigenvalue weighted by atomic mass is 16.1. The van der Waals surface area contributed by atoms with Gasteiger partial charge in [-0.1, -0.05) is 49.6 Å². The van der Waals surface area contributed by atoms with Crippen LogP contribution in [0.2, 0.25) is 0 Å². The number of carbonyl (C=O) groups excluding carboxylic acids is 1. The molecule has 1 aromatic rings. The molecule has 1 saturated carbocycles. The lowest BCUT2D eigenvalue weighted by Gasteiger charge is -2.38. The molecule has 2 fully saturated rings. The van der Waals surface area contributed by atoms with Gasteiger partial charge < -0.3 is 15.1 Å². The maximum atomic E-state index is 12.5. The average molecular weight is 358 g/mol. The molecular formula is C22H35N3O. The van der Waals surface area contributed by atoms with Crippen LogP contribution in [0.4, 0.5) is 0 Å². The highest BCUT2D eigenvalue weighted by molar-refractivity contribution is 5.76.